The number of amidine groups is 1. The molecule has 3 N–H and O–H groups in total. The first kappa shape index (κ1) is 18.1. The van der Waals surface area contributed by atoms with E-state index < -0.39 is 17.1 Å². The first-order valence-electron chi connectivity index (χ1n) is 6.86. The average Bonchev–Trinajstić information content (AvgIpc) is 2.83. The largest absolute Gasteiger partial charge is 0.504 e. The van der Waals surface area contributed by atoms with Crippen LogP contribution in [0.1, 0.15) is 18.9 Å². The number of aliphatic carboxylic acids is 1. The fourth-order valence-corrected chi connectivity index (χ4v) is 2.94. The van der Waals surface area contributed by atoms with E-state index in [2.05, 4.69) is 15.5 Å². The van der Waals surface area contributed by atoms with Gasteiger partial charge in [-0.25, -0.2) is 0 Å². The Bertz CT molecular complexity index is 723. The number of rotatable bonds is 6. The van der Waals surface area contributed by atoms with E-state index in [4.69, 9.17) is 21.4 Å². The van der Waals surface area contributed by atoms with Crippen LogP contribution in [0.4, 0.5) is 0 Å². The van der Waals surface area contributed by atoms with Crippen LogP contribution in [-0.2, 0) is 9.59 Å². The number of hydrogen-bond acceptors (Lipinski definition) is 7. The van der Waals surface area contributed by atoms with Gasteiger partial charge in [-0.2, -0.15) is 5.10 Å². The quantitative estimate of drug-likeness (QED) is 0.518. The van der Waals surface area contributed by atoms with Gasteiger partial charge in [0, 0.05) is 11.6 Å². The number of nitrogens with zero attached hydrogens (tertiary/aromatic N) is 2. The number of thioether (sulfide) groups is 1. The van der Waals surface area contributed by atoms with Gasteiger partial charge in [0.1, 0.15) is 5.25 Å². The molecule has 1 aliphatic heterocycles. The second kappa shape index (κ2) is 8.02. The molecule has 1 amide bonds. The number of amides is 1. The molecule has 1 aromatic rings. The van der Waals surface area contributed by atoms with E-state index in [0.29, 0.717) is 12.2 Å². The number of halogens is 1. The number of phenolic OH excluding ortho intramolecular Hbond substituents is 1. The van der Waals surface area contributed by atoms with Gasteiger partial charge in [-0.05, 0) is 13.0 Å². The highest BCUT2D eigenvalue weighted by molar-refractivity contribution is 8.15. The van der Waals surface area contributed by atoms with Gasteiger partial charge in [0.05, 0.1) is 24.3 Å². The standard InChI is InChI=1S/C14H14ClN3O5S/c1-2-23-10-3-7(8(15)4-9(10)19)6-16-18-14-17-13(22)11(24-14)5-12(20)21/h3-4,6,11,19H,2,5H2,1H3,(H,20,21)(H,17,18,22). The van der Waals surface area contributed by atoms with E-state index in [0.717, 1.165) is 11.8 Å². The summed E-state index contributed by atoms with van der Waals surface area (Å²) in [5, 5.41) is 28.3. The van der Waals surface area contributed by atoms with Crippen molar-refractivity contribution in [2.75, 3.05) is 6.61 Å². The maximum Gasteiger partial charge on any atom is 0.305 e. The molecular formula is C14H14ClN3O5S. The smallest absolute Gasteiger partial charge is 0.305 e. The molecule has 24 heavy (non-hydrogen) atoms. The Hall–Kier alpha value is -2.26. The van der Waals surface area contributed by atoms with E-state index >= 15 is 0 Å². The van der Waals surface area contributed by atoms with Gasteiger partial charge in [0.2, 0.25) is 5.91 Å². The van der Waals surface area contributed by atoms with Crippen LogP contribution in [0, 0.1) is 0 Å². The van der Waals surface area contributed by atoms with Crippen molar-refractivity contribution in [2.24, 2.45) is 10.2 Å². The lowest BCUT2D eigenvalue weighted by Crippen LogP contribution is -2.26. The van der Waals surface area contributed by atoms with Crippen molar-refractivity contribution in [1.29, 1.82) is 0 Å². The number of benzene rings is 1. The minimum atomic E-state index is -1.06. The van der Waals surface area contributed by atoms with Gasteiger partial charge in [-0.1, -0.05) is 23.4 Å². The van der Waals surface area contributed by atoms with Crippen LogP contribution in [0.2, 0.25) is 5.02 Å². The summed E-state index contributed by atoms with van der Waals surface area (Å²) in [5.74, 6) is -1.30. The van der Waals surface area contributed by atoms with E-state index in [1.54, 1.807) is 6.92 Å². The normalized spacial score (nSPS) is 19.0. The lowest BCUT2D eigenvalue weighted by Gasteiger charge is -2.07. The molecule has 0 radical (unpaired) electrons. The molecule has 0 aliphatic carbocycles. The Balaban J connectivity index is 2.10. The van der Waals surface area contributed by atoms with Crippen LogP contribution < -0.4 is 10.1 Å². The summed E-state index contributed by atoms with van der Waals surface area (Å²) in [7, 11) is 0. The topological polar surface area (TPSA) is 121 Å². The minimum Gasteiger partial charge on any atom is -0.504 e. The fraction of sp³-hybridized carbons (Fsp3) is 0.286. The number of carbonyl (C=O) groups excluding carboxylic acids is 1. The van der Waals surface area contributed by atoms with Crippen molar-refractivity contribution in [2.45, 2.75) is 18.6 Å². The fourth-order valence-electron chi connectivity index (χ4n) is 1.82. The molecule has 1 heterocycles. The average molecular weight is 372 g/mol. The number of carboxylic acid groups (broad SMARTS) is 1. The van der Waals surface area contributed by atoms with Crippen LogP contribution >= 0.6 is 23.4 Å². The highest BCUT2D eigenvalue weighted by Crippen LogP contribution is 2.31. The summed E-state index contributed by atoms with van der Waals surface area (Å²) in [5.41, 5.74) is 0.471. The van der Waals surface area contributed by atoms with Crippen molar-refractivity contribution in [3.63, 3.8) is 0 Å². The molecule has 0 aromatic heterocycles. The first-order valence-corrected chi connectivity index (χ1v) is 8.12. The molecule has 1 unspecified atom stereocenters. The minimum absolute atomic E-state index is 0.0829. The van der Waals surface area contributed by atoms with E-state index in [1.165, 1.54) is 18.3 Å². The zero-order valence-electron chi connectivity index (χ0n) is 12.5. The third-order valence-corrected chi connectivity index (χ3v) is 4.26. The summed E-state index contributed by atoms with van der Waals surface area (Å²) in [6.07, 6.45) is 1.05. The third kappa shape index (κ3) is 4.62. The van der Waals surface area contributed by atoms with Crippen molar-refractivity contribution in [1.82, 2.24) is 5.32 Å². The number of carboxylic acids is 1. The Morgan fingerprint density at radius 2 is 2.29 bits per heavy atom. The Labute approximate surface area is 146 Å². The molecule has 2 rings (SSSR count). The van der Waals surface area contributed by atoms with E-state index in [1.807, 2.05) is 0 Å². The lowest BCUT2D eigenvalue weighted by molar-refractivity contribution is -0.138. The highest BCUT2D eigenvalue weighted by Gasteiger charge is 2.32. The van der Waals surface area contributed by atoms with E-state index in [9.17, 15) is 14.7 Å². The molecule has 1 fully saturated rings. The number of hydrogen-bond donors (Lipinski definition) is 3. The second-order valence-electron chi connectivity index (χ2n) is 4.62. The highest BCUT2D eigenvalue weighted by atomic mass is 35.5. The van der Waals surface area contributed by atoms with Crippen LogP contribution in [0.3, 0.4) is 0 Å². The van der Waals surface area contributed by atoms with Gasteiger partial charge in [0.15, 0.2) is 16.7 Å². The molecule has 0 spiro atoms. The van der Waals surface area contributed by atoms with Crippen molar-refractivity contribution < 1.29 is 24.5 Å². The molecule has 8 nitrogen and oxygen atoms in total. The number of phenols is 1. The summed E-state index contributed by atoms with van der Waals surface area (Å²) in [6, 6.07) is 2.84. The Morgan fingerprint density at radius 1 is 1.54 bits per heavy atom. The number of aromatic hydroxyl groups is 1. The molecule has 0 saturated carbocycles. The van der Waals surface area contributed by atoms with Crippen LogP contribution in [-0.4, -0.2) is 45.3 Å². The summed E-state index contributed by atoms with van der Waals surface area (Å²) in [4.78, 5) is 22.2. The maximum absolute atomic E-state index is 11.6. The number of nitrogens with one attached hydrogen (secondary N) is 1. The predicted molar refractivity (Wildman–Crippen MR) is 91.1 cm³/mol. The molecule has 1 aromatic carbocycles. The lowest BCUT2D eigenvalue weighted by atomic mass is 10.2. The summed E-state index contributed by atoms with van der Waals surface area (Å²) < 4.78 is 5.25. The number of ether oxygens (including phenoxy) is 1. The Kier molecular flexibility index (Phi) is 6.04. The molecular weight excluding hydrogens is 358 g/mol. The van der Waals surface area contributed by atoms with Gasteiger partial charge < -0.3 is 20.3 Å². The van der Waals surface area contributed by atoms with Crippen LogP contribution in [0.5, 0.6) is 11.5 Å². The predicted octanol–water partition coefficient (Wildman–Crippen LogP) is 1.84. The molecule has 0 bridgehead atoms. The Morgan fingerprint density at radius 3 is 2.96 bits per heavy atom. The van der Waals surface area contributed by atoms with E-state index in [-0.39, 0.29) is 28.1 Å². The summed E-state index contributed by atoms with van der Waals surface area (Å²) >= 11 is 7.00. The first-order chi connectivity index (χ1) is 11.4. The zero-order chi connectivity index (χ0) is 17.7. The summed E-state index contributed by atoms with van der Waals surface area (Å²) in [6.45, 7) is 2.16. The third-order valence-electron chi connectivity index (χ3n) is 2.86. The monoisotopic (exact) mass is 371 g/mol. The van der Waals surface area contributed by atoms with Crippen molar-refractivity contribution in [3.05, 3.63) is 22.7 Å². The number of carbonyl (C=O) groups is 2. The van der Waals surface area contributed by atoms with Gasteiger partial charge >= 0.3 is 5.97 Å². The molecule has 10 heteroatoms. The maximum atomic E-state index is 11.6. The zero-order valence-corrected chi connectivity index (χ0v) is 14.1. The van der Waals surface area contributed by atoms with Crippen LogP contribution in [0.25, 0.3) is 0 Å². The van der Waals surface area contributed by atoms with Gasteiger partial charge in [-0.3, -0.25) is 9.59 Å². The van der Waals surface area contributed by atoms with Gasteiger partial charge in [0.25, 0.3) is 0 Å². The molecule has 1 atom stereocenters. The van der Waals surface area contributed by atoms with Gasteiger partial charge in [-0.15, -0.1) is 5.10 Å². The molecule has 1 aliphatic rings. The van der Waals surface area contributed by atoms with Crippen molar-refractivity contribution >= 4 is 46.6 Å². The van der Waals surface area contributed by atoms with Crippen molar-refractivity contribution in [3.8, 4) is 11.5 Å². The molecule has 1 saturated heterocycles. The SMILES string of the molecule is CCOc1cc(C=NN=C2NC(=O)C(CC(=O)O)S2)c(Cl)cc1O. The second-order valence-corrected chi connectivity index (χ2v) is 6.22. The van der Waals surface area contributed by atoms with Crippen LogP contribution in [0.15, 0.2) is 22.3 Å². The molecule has 128 valence electrons.